The number of aromatic nitrogens is 2. The standard InChI is InChI=1S/C16H19Cl2N3O/c17-12-4-5-13(14(18)7-12)16(22)10-21-6-2-1-3-15(21)11-8-19-20-9-11/h4-5,7-9,15-16,22H,1-3,6,10H2,(H,19,20). The number of hydrogen-bond donors (Lipinski definition) is 2. The van der Waals surface area contributed by atoms with E-state index >= 15 is 0 Å². The predicted molar refractivity (Wildman–Crippen MR) is 88.2 cm³/mol. The molecule has 1 aliphatic rings. The van der Waals surface area contributed by atoms with E-state index in [1.165, 1.54) is 12.0 Å². The van der Waals surface area contributed by atoms with Crippen LogP contribution in [0.2, 0.25) is 10.0 Å². The van der Waals surface area contributed by atoms with E-state index in [0.717, 1.165) is 24.9 Å². The Morgan fingerprint density at radius 1 is 1.36 bits per heavy atom. The van der Waals surface area contributed by atoms with Crippen LogP contribution in [0.4, 0.5) is 0 Å². The van der Waals surface area contributed by atoms with Crippen molar-refractivity contribution in [2.75, 3.05) is 13.1 Å². The van der Waals surface area contributed by atoms with Crippen LogP contribution in [0.25, 0.3) is 0 Å². The van der Waals surface area contributed by atoms with Gasteiger partial charge in [0.25, 0.3) is 0 Å². The van der Waals surface area contributed by atoms with Crippen LogP contribution in [0.3, 0.4) is 0 Å². The molecular formula is C16H19Cl2N3O. The SMILES string of the molecule is OC(CN1CCCCC1c1cn[nH]c1)c1ccc(Cl)cc1Cl. The van der Waals surface area contributed by atoms with Crippen LogP contribution in [0, 0.1) is 0 Å². The fourth-order valence-corrected chi connectivity index (χ4v) is 3.66. The minimum atomic E-state index is -0.628. The van der Waals surface area contributed by atoms with Gasteiger partial charge in [-0.05, 0) is 31.5 Å². The van der Waals surface area contributed by atoms with Gasteiger partial charge in [-0.25, -0.2) is 0 Å². The van der Waals surface area contributed by atoms with Crippen molar-refractivity contribution in [3.8, 4) is 0 Å². The molecule has 0 spiro atoms. The van der Waals surface area contributed by atoms with E-state index in [4.69, 9.17) is 23.2 Å². The number of β-amino-alcohol motifs (C(OH)–C–C–N with tert-alkyl or cyclic N) is 1. The molecule has 1 fully saturated rings. The second-order valence-corrected chi connectivity index (χ2v) is 6.56. The molecule has 0 aliphatic carbocycles. The molecule has 6 heteroatoms. The topological polar surface area (TPSA) is 52.1 Å². The van der Waals surface area contributed by atoms with Gasteiger partial charge in [-0.3, -0.25) is 10.00 Å². The highest BCUT2D eigenvalue weighted by Crippen LogP contribution is 2.33. The van der Waals surface area contributed by atoms with E-state index < -0.39 is 6.10 Å². The molecule has 0 saturated carbocycles. The van der Waals surface area contributed by atoms with Gasteiger partial charge in [0.15, 0.2) is 0 Å². The summed E-state index contributed by atoms with van der Waals surface area (Å²) < 4.78 is 0. The number of H-pyrrole nitrogens is 1. The van der Waals surface area contributed by atoms with Crippen molar-refractivity contribution in [2.45, 2.75) is 31.4 Å². The maximum Gasteiger partial charge on any atom is 0.0931 e. The lowest BCUT2D eigenvalue weighted by Gasteiger charge is -2.36. The van der Waals surface area contributed by atoms with E-state index in [-0.39, 0.29) is 0 Å². The molecule has 1 aromatic heterocycles. The van der Waals surface area contributed by atoms with Gasteiger partial charge in [-0.2, -0.15) is 5.10 Å². The summed E-state index contributed by atoms with van der Waals surface area (Å²) in [5.74, 6) is 0. The fourth-order valence-electron chi connectivity index (χ4n) is 3.12. The zero-order chi connectivity index (χ0) is 15.5. The number of likely N-dealkylation sites (tertiary alicyclic amines) is 1. The fraction of sp³-hybridized carbons (Fsp3) is 0.438. The molecule has 2 heterocycles. The van der Waals surface area contributed by atoms with Crippen molar-refractivity contribution in [2.24, 2.45) is 0 Å². The number of nitrogens with zero attached hydrogens (tertiary/aromatic N) is 2. The maximum atomic E-state index is 10.6. The van der Waals surface area contributed by atoms with Gasteiger partial charge in [0.2, 0.25) is 0 Å². The monoisotopic (exact) mass is 339 g/mol. The van der Waals surface area contributed by atoms with Crippen LogP contribution >= 0.6 is 23.2 Å². The predicted octanol–water partition coefficient (Wildman–Crippen LogP) is 3.98. The molecule has 2 N–H and O–H groups in total. The number of aliphatic hydroxyl groups excluding tert-OH is 1. The van der Waals surface area contributed by atoms with E-state index in [1.807, 2.05) is 12.4 Å². The van der Waals surface area contributed by atoms with Gasteiger partial charge in [0, 0.05) is 40.0 Å². The Morgan fingerprint density at radius 2 is 2.23 bits per heavy atom. The summed E-state index contributed by atoms with van der Waals surface area (Å²) in [5.41, 5.74) is 1.90. The molecule has 0 bridgehead atoms. The Morgan fingerprint density at radius 3 is 2.95 bits per heavy atom. The van der Waals surface area contributed by atoms with Crippen LogP contribution in [-0.2, 0) is 0 Å². The first-order valence-corrected chi connectivity index (χ1v) is 8.26. The van der Waals surface area contributed by atoms with Gasteiger partial charge in [0.05, 0.1) is 12.3 Å². The van der Waals surface area contributed by atoms with Crippen molar-refractivity contribution >= 4 is 23.2 Å². The second kappa shape index (κ2) is 7.01. The van der Waals surface area contributed by atoms with Crippen LogP contribution in [0.1, 0.15) is 42.5 Å². The third kappa shape index (κ3) is 3.46. The Bertz CT molecular complexity index is 618. The molecule has 2 aromatic rings. The lowest BCUT2D eigenvalue weighted by atomic mass is 9.96. The van der Waals surface area contributed by atoms with E-state index in [1.54, 1.807) is 18.2 Å². The highest BCUT2D eigenvalue weighted by Gasteiger charge is 2.27. The van der Waals surface area contributed by atoms with Gasteiger partial charge >= 0.3 is 0 Å². The van der Waals surface area contributed by atoms with Crippen molar-refractivity contribution in [1.29, 1.82) is 0 Å². The van der Waals surface area contributed by atoms with Gasteiger partial charge < -0.3 is 5.11 Å². The van der Waals surface area contributed by atoms with Crippen molar-refractivity contribution in [3.63, 3.8) is 0 Å². The van der Waals surface area contributed by atoms with E-state index in [2.05, 4.69) is 15.1 Å². The summed E-state index contributed by atoms with van der Waals surface area (Å²) in [6, 6.07) is 5.53. The minimum absolute atomic E-state index is 0.299. The molecular weight excluding hydrogens is 321 g/mol. The number of piperidine rings is 1. The highest BCUT2D eigenvalue weighted by molar-refractivity contribution is 6.35. The summed E-state index contributed by atoms with van der Waals surface area (Å²) in [4.78, 5) is 2.31. The normalized spacial score (nSPS) is 21.0. The molecule has 2 unspecified atom stereocenters. The van der Waals surface area contributed by atoms with Crippen LogP contribution in [0.5, 0.6) is 0 Å². The Kier molecular flexibility index (Phi) is 5.03. The highest BCUT2D eigenvalue weighted by atomic mass is 35.5. The molecule has 1 aromatic carbocycles. The quantitative estimate of drug-likeness (QED) is 0.885. The molecule has 1 aliphatic heterocycles. The van der Waals surface area contributed by atoms with E-state index in [9.17, 15) is 5.11 Å². The molecule has 0 amide bonds. The van der Waals surface area contributed by atoms with Crippen LogP contribution in [0.15, 0.2) is 30.6 Å². The summed E-state index contributed by atoms with van der Waals surface area (Å²) in [5, 5.41) is 18.6. The number of benzene rings is 1. The van der Waals surface area contributed by atoms with Gasteiger partial charge in [-0.15, -0.1) is 0 Å². The molecule has 0 radical (unpaired) electrons. The number of rotatable bonds is 4. The molecule has 4 nitrogen and oxygen atoms in total. The number of hydrogen-bond acceptors (Lipinski definition) is 3. The minimum Gasteiger partial charge on any atom is -0.387 e. The third-order valence-electron chi connectivity index (χ3n) is 4.25. The number of aliphatic hydroxyl groups is 1. The number of aromatic amines is 1. The second-order valence-electron chi connectivity index (χ2n) is 5.72. The van der Waals surface area contributed by atoms with Gasteiger partial charge in [-0.1, -0.05) is 35.7 Å². The first-order valence-electron chi connectivity index (χ1n) is 7.51. The molecule has 2 atom stereocenters. The zero-order valence-corrected chi connectivity index (χ0v) is 13.7. The Hall–Kier alpha value is -1.07. The lowest BCUT2D eigenvalue weighted by molar-refractivity contribution is 0.0668. The lowest BCUT2D eigenvalue weighted by Crippen LogP contribution is -2.36. The summed E-state index contributed by atoms with van der Waals surface area (Å²) in [6.07, 6.45) is 6.60. The zero-order valence-electron chi connectivity index (χ0n) is 12.2. The van der Waals surface area contributed by atoms with Crippen molar-refractivity contribution < 1.29 is 5.11 Å². The molecule has 1 saturated heterocycles. The first kappa shape index (κ1) is 15.8. The van der Waals surface area contributed by atoms with Crippen LogP contribution < -0.4 is 0 Å². The number of halogens is 2. The summed E-state index contributed by atoms with van der Waals surface area (Å²) >= 11 is 12.1. The van der Waals surface area contributed by atoms with E-state index in [0.29, 0.717) is 22.6 Å². The van der Waals surface area contributed by atoms with Crippen LogP contribution in [-0.4, -0.2) is 33.3 Å². The average molecular weight is 340 g/mol. The van der Waals surface area contributed by atoms with Gasteiger partial charge in [0.1, 0.15) is 0 Å². The molecule has 3 rings (SSSR count). The maximum absolute atomic E-state index is 10.6. The number of nitrogens with one attached hydrogen (secondary N) is 1. The Balaban J connectivity index is 1.75. The summed E-state index contributed by atoms with van der Waals surface area (Å²) in [7, 11) is 0. The molecule has 22 heavy (non-hydrogen) atoms. The van der Waals surface area contributed by atoms with Crippen molar-refractivity contribution in [1.82, 2.24) is 15.1 Å². The van der Waals surface area contributed by atoms with Crippen molar-refractivity contribution in [3.05, 3.63) is 51.8 Å². The third-order valence-corrected chi connectivity index (χ3v) is 4.81. The smallest absolute Gasteiger partial charge is 0.0931 e. The largest absolute Gasteiger partial charge is 0.387 e. The average Bonchev–Trinajstić information content (AvgIpc) is 3.01. The Labute approximate surface area is 140 Å². The molecule has 118 valence electrons. The summed E-state index contributed by atoms with van der Waals surface area (Å²) in [6.45, 7) is 1.52. The first-order chi connectivity index (χ1) is 10.6.